The normalized spacial score (nSPS) is 21.8. The molecule has 2 rings (SSSR count). The second-order valence-corrected chi connectivity index (χ2v) is 6.10. The molecule has 1 heterocycles. The van der Waals surface area contributed by atoms with Gasteiger partial charge in [0.25, 0.3) is 0 Å². The van der Waals surface area contributed by atoms with Crippen LogP contribution in [-0.2, 0) is 11.0 Å². The molecule has 1 aliphatic heterocycles. The largest absolute Gasteiger partial charge is 0.416 e. The highest BCUT2D eigenvalue weighted by Crippen LogP contribution is 2.30. The van der Waals surface area contributed by atoms with Crippen LogP contribution < -0.4 is 11.1 Å². The summed E-state index contributed by atoms with van der Waals surface area (Å²) in [6.45, 7) is 4.43. The van der Waals surface area contributed by atoms with Gasteiger partial charge < -0.3 is 11.1 Å². The van der Waals surface area contributed by atoms with Gasteiger partial charge in [0, 0.05) is 12.2 Å². The first-order chi connectivity index (χ1) is 10.2. The van der Waals surface area contributed by atoms with Gasteiger partial charge in [-0.3, -0.25) is 9.69 Å². The lowest BCUT2D eigenvalue weighted by molar-refractivity contribution is -0.137. The highest BCUT2D eigenvalue weighted by molar-refractivity contribution is 5.92. The number of rotatable bonds is 4. The van der Waals surface area contributed by atoms with Crippen molar-refractivity contribution in [1.82, 2.24) is 4.90 Å². The van der Waals surface area contributed by atoms with E-state index in [1.165, 1.54) is 12.1 Å². The third kappa shape index (κ3) is 5.37. The Bertz CT molecular complexity index is 536. The van der Waals surface area contributed by atoms with Gasteiger partial charge in [-0.1, -0.05) is 6.92 Å². The van der Waals surface area contributed by atoms with Crippen LogP contribution in [0.25, 0.3) is 0 Å². The van der Waals surface area contributed by atoms with E-state index >= 15 is 0 Å². The Hall–Kier alpha value is -1.31. The van der Waals surface area contributed by atoms with E-state index in [0.29, 0.717) is 12.2 Å². The van der Waals surface area contributed by atoms with E-state index in [1.807, 2.05) is 4.90 Å². The summed E-state index contributed by atoms with van der Waals surface area (Å²) in [5.74, 6) is -0.235. The summed E-state index contributed by atoms with van der Waals surface area (Å²) in [6, 6.07) is 4.43. The third-order valence-electron chi connectivity index (χ3n) is 3.99. The van der Waals surface area contributed by atoms with Crippen molar-refractivity contribution in [1.29, 1.82) is 0 Å². The molecule has 1 saturated heterocycles. The topological polar surface area (TPSA) is 58.4 Å². The van der Waals surface area contributed by atoms with Crippen LogP contribution in [0.15, 0.2) is 24.3 Å². The first-order valence-corrected chi connectivity index (χ1v) is 7.11. The Morgan fingerprint density at radius 1 is 1.35 bits per heavy atom. The number of likely N-dealkylation sites (tertiary alicyclic amines) is 1. The van der Waals surface area contributed by atoms with Crippen LogP contribution in [0.2, 0.25) is 0 Å². The SMILES string of the molecule is CC1(CN)CCN(CC(=O)Nc2ccc(C(F)(F)F)cc2)C1.Cl. The Kier molecular flexibility index (Phi) is 6.44. The molecule has 1 aliphatic rings. The van der Waals surface area contributed by atoms with E-state index in [9.17, 15) is 18.0 Å². The number of carbonyl (C=O) groups excluding carboxylic acids is 1. The van der Waals surface area contributed by atoms with Crippen LogP contribution in [0.4, 0.5) is 18.9 Å². The van der Waals surface area contributed by atoms with E-state index < -0.39 is 11.7 Å². The molecule has 0 saturated carbocycles. The van der Waals surface area contributed by atoms with Crippen molar-refractivity contribution in [3.63, 3.8) is 0 Å². The Labute approximate surface area is 139 Å². The molecule has 130 valence electrons. The fraction of sp³-hybridized carbons (Fsp3) is 0.533. The van der Waals surface area contributed by atoms with Crippen molar-refractivity contribution < 1.29 is 18.0 Å². The van der Waals surface area contributed by atoms with E-state index in [2.05, 4.69) is 12.2 Å². The van der Waals surface area contributed by atoms with Crippen LogP contribution in [0.1, 0.15) is 18.9 Å². The molecule has 1 fully saturated rings. The fourth-order valence-electron chi connectivity index (χ4n) is 2.57. The predicted octanol–water partition coefficient (Wildman–Crippen LogP) is 2.74. The van der Waals surface area contributed by atoms with Crippen molar-refractivity contribution in [3.8, 4) is 0 Å². The summed E-state index contributed by atoms with van der Waals surface area (Å²) in [7, 11) is 0. The van der Waals surface area contributed by atoms with Gasteiger partial charge >= 0.3 is 6.18 Å². The van der Waals surface area contributed by atoms with Gasteiger partial charge in [0.1, 0.15) is 0 Å². The van der Waals surface area contributed by atoms with Gasteiger partial charge in [-0.05, 0) is 49.2 Å². The highest BCUT2D eigenvalue weighted by atomic mass is 35.5. The number of alkyl halides is 3. The van der Waals surface area contributed by atoms with Crippen LogP contribution in [0, 0.1) is 5.41 Å². The zero-order chi connectivity index (χ0) is 16.4. The lowest BCUT2D eigenvalue weighted by Gasteiger charge is -2.22. The van der Waals surface area contributed by atoms with Gasteiger partial charge in [-0.15, -0.1) is 12.4 Å². The molecule has 1 unspecified atom stereocenters. The second kappa shape index (κ2) is 7.51. The van der Waals surface area contributed by atoms with Crippen molar-refractivity contribution in [2.45, 2.75) is 19.5 Å². The number of halogens is 4. The smallest absolute Gasteiger partial charge is 0.330 e. The number of nitrogens with zero attached hydrogens (tertiary/aromatic N) is 1. The molecule has 0 spiro atoms. The third-order valence-corrected chi connectivity index (χ3v) is 3.99. The van der Waals surface area contributed by atoms with Crippen LogP contribution >= 0.6 is 12.4 Å². The van der Waals surface area contributed by atoms with Crippen LogP contribution in [0.3, 0.4) is 0 Å². The maximum absolute atomic E-state index is 12.5. The van der Waals surface area contributed by atoms with Gasteiger partial charge in [-0.2, -0.15) is 13.2 Å². The van der Waals surface area contributed by atoms with Crippen molar-refractivity contribution >= 4 is 24.0 Å². The van der Waals surface area contributed by atoms with Crippen molar-refractivity contribution in [3.05, 3.63) is 29.8 Å². The zero-order valence-corrected chi connectivity index (χ0v) is 13.6. The number of carbonyl (C=O) groups is 1. The zero-order valence-electron chi connectivity index (χ0n) is 12.8. The number of amides is 1. The summed E-state index contributed by atoms with van der Waals surface area (Å²) in [6.07, 6.45) is -3.43. The highest BCUT2D eigenvalue weighted by Gasteiger charge is 2.33. The number of anilines is 1. The van der Waals surface area contributed by atoms with E-state index in [4.69, 9.17) is 5.73 Å². The molecule has 3 N–H and O–H groups in total. The summed E-state index contributed by atoms with van der Waals surface area (Å²) >= 11 is 0. The number of hydrogen-bond acceptors (Lipinski definition) is 3. The first kappa shape index (κ1) is 19.7. The summed E-state index contributed by atoms with van der Waals surface area (Å²) in [4.78, 5) is 13.9. The molecule has 0 aliphatic carbocycles. The van der Waals surface area contributed by atoms with Crippen LogP contribution in [0.5, 0.6) is 0 Å². The summed E-state index contributed by atoms with van der Waals surface area (Å²) in [5.41, 5.74) is 5.38. The molecular formula is C15H21ClF3N3O. The number of nitrogens with one attached hydrogen (secondary N) is 1. The minimum atomic E-state index is -4.37. The minimum Gasteiger partial charge on any atom is -0.330 e. The second-order valence-electron chi connectivity index (χ2n) is 6.10. The fourth-order valence-corrected chi connectivity index (χ4v) is 2.57. The van der Waals surface area contributed by atoms with Gasteiger partial charge in [0.05, 0.1) is 12.1 Å². The molecule has 0 aromatic heterocycles. The van der Waals surface area contributed by atoms with E-state index in [1.54, 1.807) is 0 Å². The van der Waals surface area contributed by atoms with Gasteiger partial charge in [0.15, 0.2) is 0 Å². The standard InChI is InChI=1S/C15H20F3N3O.ClH/c1-14(9-19)6-7-21(10-14)8-13(22)20-12-4-2-11(3-5-12)15(16,17)18;/h2-5H,6-10,19H2,1H3,(H,20,22);1H. The minimum absolute atomic E-state index is 0. The molecule has 23 heavy (non-hydrogen) atoms. The molecule has 1 aromatic rings. The Balaban J connectivity index is 0.00000264. The first-order valence-electron chi connectivity index (χ1n) is 7.11. The number of nitrogens with two attached hydrogens (primary N) is 1. The lowest BCUT2D eigenvalue weighted by atomic mass is 9.90. The number of hydrogen-bond donors (Lipinski definition) is 2. The quantitative estimate of drug-likeness (QED) is 0.877. The predicted molar refractivity (Wildman–Crippen MR) is 85.5 cm³/mol. The molecule has 1 amide bonds. The molecule has 1 atom stereocenters. The molecular weight excluding hydrogens is 331 g/mol. The van der Waals surface area contributed by atoms with Crippen molar-refractivity contribution in [2.75, 3.05) is 31.5 Å². The average molecular weight is 352 g/mol. The van der Waals surface area contributed by atoms with Crippen LogP contribution in [-0.4, -0.2) is 37.0 Å². The maximum atomic E-state index is 12.5. The lowest BCUT2D eigenvalue weighted by Crippen LogP contribution is -2.35. The maximum Gasteiger partial charge on any atom is 0.416 e. The molecule has 8 heteroatoms. The molecule has 0 bridgehead atoms. The van der Waals surface area contributed by atoms with E-state index in [0.717, 1.165) is 31.6 Å². The molecule has 0 radical (unpaired) electrons. The Morgan fingerprint density at radius 2 is 1.96 bits per heavy atom. The average Bonchev–Trinajstić information content (AvgIpc) is 2.80. The van der Waals surface area contributed by atoms with Crippen molar-refractivity contribution in [2.24, 2.45) is 11.1 Å². The van der Waals surface area contributed by atoms with Gasteiger partial charge in [-0.25, -0.2) is 0 Å². The number of benzene rings is 1. The Morgan fingerprint density at radius 3 is 2.43 bits per heavy atom. The monoisotopic (exact) mass is 351 g/mol. The van der Waals surface area contributed by atoms with E-state index in [-0.39, 0.29) is 30.3 Å². The summed E-state index contributed by atoms with van der Waals surface area (Å²) < 4.78 is 37.4. The van der Waals surface area contributed by atoms with Gasteiger partial charge in [0.2, 0.25) is 5.91 Å². The molecule has 4 nitrogen and oxygen atoms in total. The molecule has 1 aromatic carbocycles. The summed E-state index contributed by atoms with van der Waals surface area (Å²) in [5, 5.41) is 2.61.